The van der Waals surface area contributed by atoms with Crippen molar-refractivity contribution < 1.29 is 14.1 Å². The van der Waals surface area contributed by atoms with E-state index >= 15 is 0 Å². The maximum atomic E-state index is 12.9. The number of piperazine rings is 1. The maximum absolute atomic E-state index is 12.9. The van der Waals surface area contributed by atoms with E-state index < -0.39 is 0 Å². The van der Waals surface area contributed by atoms with Crippen LogP contribution in [-0.2, 0) is 4.79 Å². The number of carbonyl (C=O) groups excluding carboxylic acids is 1. The van der Waals surface area contributed by atoms with Crippen molar-refractivity contribution in [3.8, 4) is 17.1 Å². The Hall–Kier alpha value is -3.79. The van der Waals surface area contributed by atoms with E-state index in [2.05, 4.69) is 30.5 Å². The molecule has 1 aliphatic rings. The highest BCUT2D eigenvalue weighted by Crippen LogP contribution is 2.27. The fourth-order valence-electron chi connectivity index (χ4n) is 3.64. The molecule has 1 saturated heterocycles. The lowest BCUT2D eigenvalue weighted by Gasteiger charge is -2.37. The van der Waals surface area contributed by atoms with Crippen molar-refractivity contribution in [2.45, 2.75) is 6.04 Å². The summed E-state index contributed by atoms with van der Waals surface area (Å²) in [7, 11) is 2.01. The van der Waals surface area contributed by atoms with E-state index in [0.29, 0.717) is 30.6 Å². The lowest BCUT2D eigenvalue weighted by atomic mass is 10.1. The number of H-pyrrole nitrogens is 1. The van der Waals surface area contributed by atoms with Crippen LogP contribution in [0.5, 0.6) is 5.75 Å². The molecule has 1 N–H and O–H groups in total. The predicted octanol–water partition coefficient (Wildman–Crippen LogP) is 1.90. The minimum Gasteiger partial charge on any atom is -0.484 e. The van der Waals surface area contributed by atoms with Crippen LogP contribution in [0.1, 0.15) is 11.9 Å². The second-order valence-corrected chi connectivity index (χ2v) is 7.45. The molecular formula is C21H21N7O3. The van der Waals surface area contributed by atoms with Gasteiger partial charge in [0.1, 0.15) is 22.8 Å². The molecule has 31 heavy (non-hydrogen) atoms. The Kier molecular flexibility index (Phi) is 5.04. The Morgan fingerprint density at radius 3 is 2.87 bits per heavy atom. The first-order chi connectivity index (χ1) is 15.2. The van der Waals surface area contributed by atoms with Crippen LogP contribution >= 0.6 is 0 Å². The summed E-state index contributed by atoms with van der Waals surface area (Å²) in [6.07, 6.45) is 0. The molecule has 2 aromatic heterocycles. The average Bonchev–Trinajstić information content (AvgIpc) is 3.47. The van der Waals surface area contributed by atoms with Gasteiger partial charge in [-0.3, -0.25) is 4.79 Å². The van der Waals surface area contributed by atoms with Crippen LogP contribution in [-0.4, -0.2) is 74.5 Å². The molecule has 1 amide bonds. The number of para-hydroxylation sites is 1. The smallest absolute Gasteiger partial charge is 0.261 e. The maximum Gasteiger partial charge on any atom is 0.261 e. The highest BCUT2D eigenvalue weighted by Gasteiger charge is 2.34. The van der Waals surface area contributed by atoms with Gasteiger partial charge >= 0.3 is 0 Å². The molecule has 3 heterocycles. The largest absolute Gasteiger partial charge is 0.484 e. The number of rotatable bonds is 5. The summed E-state index contributed by atoms with van der Waals surface area (Å²) in [6, 6.07) is 14.5. The van der Waals surface area contributed by atoms with Gasteiger partial charge in [-0.2, -0.15) is 20.4 Å². The molecule has 1 fully saturated rings. The topological polar surface area (TPSA) is 113 Å². The predicted molar refractivity (Wildman–Crippen MR) is 111 cm³/mol. The van der Waals surface area contributed by atoms with Gasteiger partial charge in [-0.25, -0.2) is 0 Å². The van der Waals surface area contributed by atoms with Crippen molar-refractivity contribution in [2.75, 3.05) is 33.3 Å². The number of hydrogen-bond acceptors (Lipinski definition) is 8. The summed E-state index contributed by atoms with van der Waals surface area (Å²) in [4.78, 5) is 21.4. The monoisotopic (exact) mass is 419 g/mol. The molecule has 0 bridgehead atoms. The molecule has 2 aromatic carbocycles. The zero-order valence-electron chi connectivity index (χ0n) is 16.9. The van der Waals surface area contributed by atoms with Crippen LogP contribution in [0.2, 0.25) is 0 Å². The van der Waals surface area contributed by atoms with Gasteiger partial charge in [0.15, 0.2) is 6.61 Å². The Balaban J connectivity index is 1.35. The van der Waals surface area contributed by atoms with E-state index in [9.17, 15) is 4.79 Å². The number of hydrogen-bond donors (Lipinski definition) is 1. The van der Waals surface area contributed by atoms with Gasteiger partial charge in [0, 0.05) is 25.2 Å². The molecule has 10 heteroatoms. The molecule has 0 radical (unpaired) electrons. The van der Waals surface area contributed by atoms with Gasteiger partial charge < -0.3 is 19.1 Å². The minimum atomic E-state index is -0.345. The SMILES string of the molecule is CN1CCN(C(=O)COc2ccccc2)C(c2nc(-c3ccc4n[nH]nc4c3)no2)C1. The molecule has 1 aliphatic heterocycles. The summed E-state index contributed by atoms with van der Waals surface area (Å²) in [5, 5.41) is 14.9. The van der Waals surface area contributed by atoms with Gasteiger partial charge in [-0.15, -0.1) is 0 Å². The number of ether oxygens (including phenoxy) is 1. The van der Waals surface area contributed by atoms with Gasteiger partial charge in [0.2, 0.25) is 5.82 Å². The standard InChI is InChI=1S/C21H21N7O3/c1-27-9-10-28(19(29)13-30-15-5-3-2-4-6-15)18(12-27)21-22-20(25-31-21)14-7-8-16-17(11-14)24-26-23-16/h2-8,11,18H,9-10,12-13H2,1H3,(H,23,24,26). The van der Waals surface area contributed by atoms with Crippen molar-refractivity contribution >= 4 is 16.9 Å². The van der Waals surface area contributed by atoms with Crippen LogP contribution < -0.4 is 4.74 Å². The number of nitrogens with zero attached hydrogens (tertiary/aromatic N) is 6. The summed E-state index contributed by atoms with van der Waals surface area (Å²) in [5.41, 5.74) is 2.25. The van der Waals surface area contributed by atoms with E-state index in [1.807, 2.05) is 55.6 Å². The normalized spacial score (nSPS) is 17.2. The van der Waals surface area contributed by atoms with Crippen LogP contribution in [0.4, 0.5) is 0 Å². The van der Waals surface area contributed by atoms with Crippen molar-refractivity contribution in [1.29, 1.82) is 0 Å². The molecule has 10 nitrogen and oxygen atoms in total. The number of aromatic nitrogens is 5. The molecule has 0 saturated carbocycles. The summed E-state index contributed by atoms with van der Waals surface area (Å²) < 4.78 is 11.2. The summed E-state index contributed by atoms with van der Waals surface area (Å²) in [6.45, 7) is 1.87. The van der Waals surface area contributed by atoms with E-state index in [-0.39, 0.29) is 18.6 Å². The van der Waals surface area contributed by atoms with Gasteiger partial charge in [-0.05, 0) is 37.4 Å². The van der Waals surface area contributed by atoms with Crippen LogP contribution in [0.3, 0.4) is 0 Å². The Bertz CT molecular complexity index is 1190. The summed E-state index contributed by atoms with van der Waals surface area (Å²) in [5.74, 6) is 1.38. The third-order valence-electron chi connectivity index (χ3n) is 5.31. The van der Waals surface area contributed by atoms with E-state index in [0.717, 1.165) is 23.1 Å². The fraction of sp³-hybridized carbons (Fsp3) is 0.286. The summed E-state index contributed by atoms with van der Waals surface area (Å²) >= 11 is 0. The van der Waals surface area contributed by atoms with E-state index in [1.54, 1.807) is 4.90 Å². The first-order valence-electron chi connectivity index (χ1n) is 9.98. The molecule has 158 valence electrons. The Morgan fingerprint density at radius 2 is 2.00 bits per heavy atom. The third kappa shape index (κ3) is 3.97. The van der Waals surface area contributed by atoms with Crippen LogP contribution in [0.15, 0.2) is 53.1 Å². The van der Waals surface area contributed by atoms with Crippen LogP contribution in [0, 0.1) is 0 Å². The first-order valence-corrected chi connectivity index (χ1v) is 9.98. The zero-order valence-corrected chi connectivity index (χ0v) is 16.9. The van der Waals surface area contributed by atoms with Crippen LogP contribution in [0.25, 0.3) is 22.4 Å². The van der Waals surface area contributed by atoms with Gasteiger partial charge in [-0.1, -0.05) is 23.4 Å². The molecular weight excluding hydrogens is 398 g/mol. The number of aromatic amines is 1. The molecule has 1 atom stereocenters. The molecule has 4 aromatic rings. The Labute approximate surface area is 177 Å². The van der Waals surface area contributed by atoms with Crippen molar-refractivity contribution in [3.05, 3.63) is 54.4 Å². The highest BCUT2D eigenvalue weighted by atomic mass is 16.5. The number of benzene rings is 2. The molecule has 0 spiro atoms. The second-order valence-electron chi connectivity index (χ2n) is 7.45. The average molecular weight is 419 g/mol. The lowest BCUT2D eigenvalue weighted by molar-refractivity contribution is -0.139. The number of fused-ring (bicyclic) bond motifs is 1. The fourth-order valence-corrected chi connectivity index (χ4v) is 3.64. The van der Waals surface area contributed by atoms with Crippen molar-refractivity contribution in [2.24, 2.45) is 0 Å². The Morgan fingerprint density at radius 1 is 1.16 bits per heavy atom. The quantitative estimate of drug-likeness (QED) is 0.522. The molecule has 1 unspecified atom stereocenters. The van der Waals surface area contributed by atoms with Gasteiger partial charge in [0.25, 0.3) is 11.8 Å². The van der Waals surface area contributed by atoms with E-state index in [1.165, 1.54) is 0 Å². The molecule has 0 aliphatic carbocycles. The number of carbonyl (C=O) groups is 1. The highest BCUT2D eigenvalue weighted by molar-refractivity contribution is 5.79. The van der Waals surface area contributed by atoms with Crippen molar-refractivity contribution in [1.82, 2.24) is 35.4 Å². The lowest BCUT2D eigenvalue weighted by Crippen LogP contribution is -2.50. The van der Waals surface area contributed by atoms with Gasteiger partial charge in [0.05, 0.1) is 0 Å². The zero-order chi connectivity index (χ0) is 21.2. The number of amides is 1. The number of likely N-dealkylation sites (N-methyl/N-ethyl adjacent to an activating group) is 1. The van der Waals surface area contributed by atoms with E-state index in [4.69, 9.17) is 9.26 Å². The second kappa shape index (κ2) is 8.15. The minimum absolute atomic E-state index is 0.0476. The van der Waals surface area contributed by atoms with Crippen molar-refractivity contribution in [3.63, 3.8) is 0 Å². The number of nitrogens with one attached hydrogen (secondary N) is 1. The molecule has 5 rings (SSSR count). The first kappa shape index (κ1) is 19.2. The third-order valence-corrected chi connectivity index (χ3v) is 5.31.